The van der Waals surface area contributed by atoms with Gasteiger partial charge in [-0.25, -0.2) is 0 Å². The van der Waals surface area contributed by atoms with Crippen LogP contribution in [-0.2, 0) is 4.79 Å². The fraction of sp³-hybridized carbons (Fsp3) is 0.440. The fourth-order valence-electron chi connectivity index (χ4n) is 4.34. The van der Waals surface area contributed by atoms with Gasteiger partial charge < -0.3 is 4.90 Å². The lowest BCUT2D eigenvalue weighted by Crippen LogP contribution is -2.39. The zero-order valence-electron chi connectivity index (χ0n) is 19.1. The van der Waals surface area contributed by atoms with Crippen molar-refractivity contribution in [1.82, 2.24) is 24.6 Å². The molecule has 1 aliphatic carbocycles. The predicted molar refractivity (Wildman–Crippen MR) is 129 cm³/mol. The Bertz CT molecular complexity index is 1040. The summed E-state index contributed by atoms with van der Waals surface area (Å²) in [5.41, 5.74) is 3.16. The van der Waals surface area contributed by atoms with E-state index in [9.17, 15) is 4.79 Å². The van der Waals surface area contributed by atoms with Gasteiger partial charge in [0.15, 0.2) is 11.0 Å². The van der Waals surface area contributed by atoms with Crippen molar-refractivity contribution >= 4 is 17.7 Å². The van der Waals surface area contributed by atoms with Crippen LogP contribution in [0.15, 0.2) is 53.9 Å². The van der Waals surface area contributed by atoms with Gasteiger partial charge in [0.05, 0.1) is 11.4 Å². The van der Waals surface area contributed by atoms with Crippen LogP contribution >= 0.6 is 11.8 Å². The lowest BCUT2D eigenvalue weighted by molar-refractivity contribution is -0.129. The number of hydrogen-bond acceptors (Lipinski definition) is 5. The second kappa shape index (κ2) is 10.3. The van der Waals surface area contributed by atoms with E-state index in [1.165, 1.54) is 36.6 Å². The quantitative estimate of drug-likeness (QED) is 0.456. The van der Waals surface area contributed by atoms with Crippen LogP contribution < -0.4 is 0 Å². The molecular formula is C25H31N5OS. The number of amides is 1. The lowest BCUT2D eigenvalue weighted by atomic mass is 9.94. The van der Waals surface area contributed by atoms with Crippen LogP contribution in [0, 0.1) is 0 Å². The number of nitrogens with zero attached hydrogens (tertiary/aromatic N) is 5. The van der Waals surface area contributed by atoms with Gasteiger partial charge in [-0.05, 0) is 42.5 Å². The number of benzene rings is 1. The molecule has 1 aromatic carbocycles. The van der Waals surface area contributed by atoms with Gasteiger partial charge in [0.1, 0.15) is 0 Å². The molecule has 6 nitrogen and oxygen atoms in total. The summed E-state index contributed by atoms with van der Waals surface area (Å²) < 4.78 is 2.07. The fourth-order valence-corrected chi connectivity index (χ4v) is 5.21. The largest absolute Gasteiger partial charge is 0.342 e. The summed E-state index contributed by atoms with van der Waals surface area (Å²) in [5, 5.41) is 9.72. The zero-order valence-corrected chi connectivity index (χ0v) is 19.9. The Hall–Kier alpha value is -2.67. The molecule has 0 N–H and O–H groups in total. The number of carbonyl (C=O) groups excluding carboxylic acids is 1. The highest BCUT2D eigenvalue weighted by Crippen LogP contribution is 2.32. The van der Waals surface area contributed by atoms with E-state index < -0.39 is 0 Å². The molecule has 0 spiro atoms. The topological polar surface area (TPSA) is 63.9 Å². The minimum absolute atomic E-state index is 0.150. The zero-order chi connectivity index (χ0) is 22.5. The van der Waals surface area contributed by atoms with Crippen molar-refractivity contribution in [2.45, 2.75) is 63.1 Å². The molecule has 1 aliphatic rings. The van der Waals surface area contributed by atoms with E-state index in [4.69, 9.17) is 0 Å². The molecule has 168 valence electrons. The number of pyridine rings is 1. The number of thioether (sulfide) groups is 1. The molecule has 0 atom stereocenters. The molecule has 0 aliphatic heterocycles. The molecule has 1 amide bonds. The molecule has 1 saturated carbocycles. The number of hydrogen-bond donors (Lipinski definition) is 0. The van der Waals surface area contributed by atoms with Gasteiger partial charge in [-0.2, -0.15) is 0 Å². The first-order valence-electron chi connectivity index (χ1n) is 11.4. The second-order valence-electron chi connectivity index (χ2n) is 8.68. The Kier molecular flexibility index (Phi) is 7.25. The maximum absolute atomic E-state index is 13.0. The third kappa shape index (κ3) is 4.88. The smallest absolute Gasteiger partial charge is 0.233 e. The highest BCUT2D eigenvalue weighted by molar-refractivity contribution is 7.99. The van der Waals surface area contributed by atoms with Gasteiger partial charge in [0.25, 0.3) is 0 Å². The number of aromatic nitrogens is 4. The molecule has 0 unspecified atom stereocenters. The summed E-state index contributed by atoms with van der Waals surface area (Å²) in [5.74, 6) is 1.58. The Morgan fingerprint density at radius 2 is 1.91 bits per heavy atom. The molecule has 4 rings (SSSR count). The summed E-state index contributed by atoms with van der Waals surface area (Å²) in [7, 11) is 1.94. The molecule has 0 saturated heterocycles. The van der Waals surface area contributed by atoms with Crippen LogP contribution in [0.4, 0.5) is 0 Å². The second-order valence-corrected chi connectivity index (χ2v) is 9.62. The monoisotopic (exact) mass is 449 g/mol. The van der Waals surface area contributed by atoms with Crippen molar-refractivity contribution in [1.29, 1.82) is 0 Å². The van der Waals surface area contributed by atoms with Gasteiger partial charge in [0, 0.05) is 31.0 Å². The standard InChI is InChI=1S/C25H31N5OS/c1-18(2)21-13-7-8-14-22(21)30-24(19-10-9-15-26-16-19)27-28-25(30)32-17-23(31)29(3)20-11-5-4-6-12-20/h7-10,13-16,18,20H,4-6,11-12,17H2,1-3H3. The van der Waals surface area contributed by atoms with Gasteiger partial charge in [-0.15, -0.1) is 10.2 Å². The minimum Gasteiger partial charge on any atom is -0.342 e. The Balaban J connectivity index is 1.64. The summed E-state index contributed by atoms with van der Waals surface area (Å²) in [6.07, 6.45) is 9.47. The van der Waals surface area contributed by atoms with Crippen LogP contribution in [-0.4, -0.2) is 49.4 Å². The predicted octanol–water partition coefficient (Wildman–Crippen LogP) is 5.34. The molecule has 3 aromatic rings. The molecular weight excluding hydrogens is 418 g/mol. The van der Waals surface area contributed by atoms with E-state index in [1.807, 2.05) is 30.1 Å². The molecule has 0 bridgehead atoms. The van der Waals surface area contributed by atoms with Crippen molar-refractivity contribution in [3.63, 3.8) is 0 Å². The molecule has 2 aromatic heterocycles. The summed E-state index contributed by atoms with van der Waals surface area (Å²) in [6.45, 7) is 4.37. The first kappa shape index (κ1) is 22.5. The van der Waals surface area contributed by atoms with Crippen LogP contribution in [0.5, 0.6) is 0 Å². The number of rotatable bonds is 7. The minimum atomic E-state index is 0.150. The highest BCUT2D eigenvalue weighted by Gasteiger charge is 2.24. The summed E-state index contributed by atoms with van der Waals surface area (Å²) >= 11 is 1.46. The van der Waals surface area contributed by atoms with Crippen LogP contribution in [0.3, 0.4) is 0 Å². The third-order valence-electron chi connectivity index (χ3n) is 6.19. The van der Waals surface area contributed by atoms with E-state index in [-0.39, 0.29) is 5.91 Å². The van der Waals surface area contributed by atoms with Crippen molar-refractivity contribution in [2.24, 2.45) is 0 Å². The van der Waals surface area contributed by atoms with Crippen LogP contribution in [0.2, 0.25) is 0 Å². The van der Waals surface area contributed by atoms with Crippen LogP contribution in [0.1, 0.15) is 57.4 Å². The summed E-state index contributed by atoms with van der Waals surface area (Å²) in [4.78, 5) is 19.2. The Morgan fingerprint density at radius 3 is 2.62 bits per heavy atom. The van der Waals surface area contributed by atoms with Crippen molar-refractivity contribution in [3.8, 4) is 17.1 Å². The maximum atomic E-state index is 13.0. The molecule has 7 heteroatoms. The first-order valence-corrected chi connectivity index (χ1v) is 12.4. The molecule has 2 heterocycles. The Labute approximate surface area is 194 Å². The van der Waals surface area contributed by atoms with Crippen LogP contribution in [0.25, 0.3) is 17.1 Å². The average molecular weight is 450 g/mol. The van der Waals surface area contributed by atoms with E-state index in [0.717, 1.165) is 35.1 Å². The normalized spacial score (nSPS) is 14.6. The number of carbonyl (C=O) groups is 1. The maximum Gasteiger partial charge on any atom is 0.233 e. The molecule has 1 fully saturated rings. The molecule has 32 heavy (non-hydrogen) atoms. The van der Waals surface area contributed by atoms with E-state index in [2.05, 4.69) is 51.8 Å². The summed E-state index contributed by atoms with van der Waals surface area (Å²) in [6, 6.07) is 12.6. The van der Waals surface area contributed by atoms with Gasteiger partial charge >= 0.3 is 0 Å². The average Bonchev–Trinajstić information content (AvgIpc) is 3.27. The molecule has 0 radical (unpaired) electrons. The van der Waals surface area contributed by atoms with Gasteiger partial charge in [-0.3, -0.25) is 14.3 Å². The highest BCUT2D eigenvalue weighted by atomic mass is 32.2. The van der Waals surface area contributed by atoms with Crippen molar-refractivity contribution in [3.05, 3.63) is 54.4 Å². The SMILES string of the molecule is CC(C)c1ccccc1-n1c(SCC(=O)N(C)C2CCCCC2)nnc1-c1cccnc1. The Morgan fingerprint density at radius 1 is 1.12 bits per heavy atom. The van der Waals surface area contributed by atoms with Gasteiger partial charge in [0.2, 0.25) is 5.91 Å². The third-order valence-corrected chi connectivity index (χ3v) is 7.11. The first-order chi connectivity index (χ1) is 15.6. The van der Waals surface area contributed by atoms with E-state index in [1.54, 1.807) is 12.4 Å². The van der Waals surface area contributed by atoms with E-state index in [0.29, 0.717) is 17.7 Å². The van der Waals surface area contributed by atoms with E-state index >= 15 is 0 Å². The lowest BCUT2D eigenvalue weighted by Gasteiger charge is -2.31. The van der Waals surface area contributed by atoms with Crippen molar-refractivity contribution in [2.75, 3.05) is 12.8 Å². The number of para-hydroxylation sites is 1. The van der Waals surface area contributed by atoms with Gasteiger partial charge in [-0.1, -0.05) is 63.1 Å². The van der Waals surface area contributed by atoms with Crippen molar-refractivity contribution < 1.29 is 4.79 Å².